The van der Waals surface area contributed by atoms with E-state index in [9.17, 15) is 4.79 Å². The third-order valence-electron chi connectivity index (χ3n) is 4.35. The van der Waals surface area contributed by atoms with Crippen LogP contribution in [0.4, 0.5) is 17.2 Å². The van der Waals surface area contributed by atoms with Crippen LogP contribution in [0.5, 0.6) is 5.75 Å². The van der Waals surface area contributed by atoms with Crippen molar-refractivity contribution in [1.29, 1.82) is 0 Å². The topological polar surface area (TPSA) is 76.1 Å². The monoisotopic (exact) mass is 396 g/mol. The number of nitrogens with one attached hydrogen (secondary N) is 2. The average Bonchev–Trinajstić information content (AvgIpc) is 2.68. The molecule has 1 aromatic heterocycles. The summed E-state index contributed by atoms with van der Waals surface area (Å²) in [5, 5.41) is 6.65. The molecular formula is C21H21ClN4O2. The lowest BCUT2D eigenvalue weighted by atomic mass is 10.1. The van der Waals surface area contributed by atoms with Gasteiger partial charge in [0, 0.05) is 16.8 Å². The van der Waals surface area contributed by atoms with Crippen molar-refractivity contribution in [2.75, 3.05) is 17.7 Å². The van der Waals surface area contributed by atoms with Crippen molar-refractivity contribution < 1.29 is 9.53 Å². The van der Waals surface area contributed by atoms with E-state index in [1.54, 1.807) is 13.2 Å². The van der Waals surface area contributed by atoms with Crippen LogP contribution in [-0.2, 0) is 0 Å². The standard InChI is InChI=1S/C21H21ClN4O2/c1-12-6-5-7-13(2)20(12)26-21(27)17-10-24-19(11-23-17)25-16-8-14(3)15(22)9-18(16)28-4/h5-11H,1-4H3,(H,24,25)(H,26,27). The summed E-state index contributed by atoms with van der Waals surface area (Å²) in [4.78, 5) is 21.0. The highest BCUT2D eigenvalue weighted by atomic mass is 35.5. The number of carbonyl (C=O) groups is 1. The van der Waals surface area contributed by atoms with Crippen molar-refractivity contribution in [2.45, 2.75) is 20.8 Å². The summed E-state index contributed by atoms with van der Waals surface area (Å²) < 4.78 is 5.34. The molecular weight excluding hydrogens is 376 g/mol. The number of hydrogen-bond acceptors (Lipinski definition) is 5. The fourth-order valence-corrected chi connectivity index (χ4v) is 2.92. The maximum Gasteiger partial charge on any atom is 0.275 e. The first-order valence-electron chi connectivity index (χ1n) is 8.70. The largest absolute Gasteiger partial charge is 0.495 e. The van der Waals surface area contributed by atoms with Gasteiger partial charge in [0.05, 0.1) is 25.2 Å². The predicted molar refractivity (Wildman–Crippen MR) is 112 cm³/mol. The van der Waals surface area contributed by atoms with Gasteiger partial charge in [-0.3, -0.25) is 4.79 Å². The van der Waals surface area contributed by atoms with E-state index in [1.807, 2.05) is 45.0 Å². The number of para-hydroxylation sites is 1. The van der Waals surface area contributed by atoms with Crippen LogP contribution in [0.2, 0.25) is 5.02 Å². The Kier molecular flexibility index (Phi) is 5.80. The molecule has 0 spiro atoms. The van der Waals surface area contributed by atoms with Crippen molar-refractivity contribution in [1.82, 2.24) is 9.97 Å². The van der Waals surface area contributed by atoms with Crippen LogP contribution in [-0.4, -0.2) is 23.0 Å². The van der Waals surface area contributed by atoms with E-state index in [0.717, 1.165) is 22.4 Å². The fourth-order valence-electron chi connectivity index (χ4n) is 2.77. The zero-order valence-corrected chi connectivity index (χ0v) is 16.9. The number of halogens is 1. The summed E-state index contributed by atoms with van der Waals surface area (Å²) in [6.07, 6.45) is 2.93. The molecule has 0 aliphatic rings. The third kappa shape index (κ3) is 4.23. The molecule has 0 unspecified atom stereocenters. The number of carbonyl (C=O) groups excluding carboxylic acids is 1. The van der Waals surface area contributed by atoms with E-state index >= 15 is 0 Å². The number of nitrogens with zero attached hydrogens (tertiary/aromatic N) is 2. The van der Waals surface area contributed by atoms with Gasteiger partial charge in [-0.05, 0) is 43.5 Å². The second kappa shape index (κ2) is 8.27. The first-order valence-corrected chi connectivity index (χ1v) is 9.07. The van der Waals surface area contributed by atoms with E-state index in [1.165, 1.54) is 12.4 Å². The SMILES string of the molecule is COc1cc(Cl)c(C)cc1Nc1cnc(C(=O)Nc2c(C)cccc2C)cn1. The van der Waals surface area contributed by atoms with Crippen LogP contribution in [0, 0.1) is 20.8 Å². The lowest BCUT2D eigenvalue weighted by Gasteiger charge is -2.13. The Hall–Kier alpha value is -3.12. The Morgan fingerprint density at radius 2 is 1.75 bits per heavy atom. The van der Waals surface area contributed by atoms with Gasteiger partial charge in [-0.25, -0.2) is 9.97 Å². The second-order valence-corrected chi connectivity index (χ2v) is 6.84. The molecule has 28 heavy (non-hydrogen) atoms. The van der Waals surface area contributed by atoms with Crippen molar-refractivity contribution in [3.8, 4) is 5.75 Å². The first-order chi connectivity index (χ1) is 13.4. The number of methoxy groups -OCH3 is 1. The first kappa shape index (κ1) is 19.6. The van der Waals surface area contributed by atoms with Gasteiger partial charge in [-0.2, -0.15) is 0 Å². The molecule has 6 nitrogen and oxygen atoms in total. The summed E-state index contributed by atoms with van der Waals surface area (Å²) in [6, 6.07) is 9.45. The minimum atomic E-state index is -0.309. The van der Waals surface area contributed by atoms with Crippen LogP contribution in [0.15, 0.2) is 42.7 Å². The number of aromatic nitrogens is 2. The highest BCUT2D eigenvalue weighted by Gasteiger charge is 2.13. The Labute approximate surface area is 168 Å². The predicted octanol–water partition coefficient (Wildman–Crippen LogP) is 5.06. The van der Waals surface area contributed by atoms with Crippen LogP contribution in [0.25, 0.3) is 0 Å². The van der Waals surface area contributed by atoms with Gasteiger partial charge >= 0.3 is 0 Å². The van der Waals surface area contributed by atoms with Crippen LogP contribution in [0.3, 0.4) is 0 Å². The maximum atomic E-state index is 12.5. The molecule has 0 aliphatic carbocycles. The molecule has 3 aromatic rings. The van der Waals surface area contributed by atoms with Gasteiger partial charge in [0.25, 0.3) is 5.91 Å². The minimum Gasteiger partial charge on any atom is -0.495 e. The van der Waals surface area contributed by atoms with Gasteiger partial charge in [0.2, 0.25) is 0 Å². The van der Waals surface area contributed by atoms with Crippen molar-refractivity contribution >= 4 is 34.7 Å². The zero-order chi connectivity index (χ0) is 20.3. The van der Waals surface area contributed by atoms with Gasteiger partial charge in [0.1, 0.15) is 17.3 Å². The normalized spacial score (nSPS) is 10.5. The number of benzene rings is 2. The summed E-state index contributed by atoms with van der Waals surface area (Å²) in [6.45, 7) is 5.80. The molecule has 0 aliphatic heterocycles. The average molecular weight is 397 g/mol. The van der Waals surface area contributed by atoms with Crippen LogP contribution >= 0.6 is 11.6 Å². The molecule has 1 heterocycles. The van der Waals surface area contributed by atoms with Crippen molar-refractivity contribution in [3.63, 3.8) is 0 Å². The van der Waals surface area contributed by atoms with Crippen LogP contribution in [0.1, 0.15) is 27.2 Å². The molecule has 0 atom stereocenters. The van der Waals surface area contributed by atoms with Crippen molar-refractivity contribution in [3.05, 3.63) is 70.1 Å². The summed E-state index contributed by atoms with van der Waals surface area (Å²) in [7, 11) is 1.57. The number of amides is 1. The molecule has 2 N–H and O–H groups in total. The highest BCUT2D eigenvalue weighted by molar-refractivity contribution is 6.31. The number of rotatable bonds is 5. The molecule has 0 fully saturated rings. The molecule has 0 saturated heterocycles. The Morgan fingerprint density at radius 3 is 2.36 bits per heavy atom. The van der Waals surface area contributed by atoms with Crippen molar-refractivity contribution in [2.24, 2.45) is 0 Å². The quantitative estimate of drug-likeness (QED) is 0.630. The number of ether oxygens (including phenoxy) is 1. The maximum absolute atomic E-state index is 12.5. The van der Waals surface area contributed by atoms with Gasteiger partial charge in [-0.1, -0.05) is 29.8 Å². The molecule has 0 radical (unpaired) electrons. The molecule has 2 aromatic carbocycles. The summed E-state index contributed by atoms with van der Waals surface area (Å²) >= 11 is 6.13. The fraction of sp³-hybridized carbons (Fsp3) is 0.190. The molecule has 144 valence electrons. The Bertz CT molecular complexity index is 999. The van der Waals surface area contributed by atoms with E-state index in [0.29, 0.717) is 22.3 Å². The number of anilines is 3. The lowest BCUT2D eigenvalue weighted by molar-refractivity contribution is 0.102. The van der Waals surface area contributed by atoms with Gasteiger partial charge < -0.3 is 15.4 Å². The van der Waals surface area contributed by atoms with E-state index < -0.39 is 0 Å². The van der Waals surface area contributed by atoms with Gasteiger partial charge in [0.15, 0.2) is 0 Å². The van der Waals surface area contributed by atoms with E-state index in [-0.39, 0.29) is 11.6 Å². The summed E-state index contributed by atoms with van der Waals surface area (Å²) in [5.74, 6) is 0.772. The number of hydrogen-bond donors (Lipinski definition) is 2. The van der Waals surface area contributed by atoms with E-state index in [4.69, 9.17) is 16.3 Å². The minimum absolute atomic E-state index is 0.229. The Morgan fingerprint density at radius 1 is 1.04 bits per heavy atom. The smallest absolute Gasteiger partial charge is 0.275 e. The number of aryl methyl sites for hydroxylation is 3. The molecule has 3 rings (SSSR count). The van der Waals surface area contributed by atoms with Crippen LogP contribution < -0.4 is 15.4 Å². The molecule has 0 bridgehead atoms. The van der Waals surface area contributed by atoms with E-state index in [2.05, 4.69) is 20.6 Å². The van der Waals surface area contributed by atoms with Gasteiger partial charge in [-0.15, -0.1) is 0 Å². The third-order valence-corrected chi connectivity index (χ3v) is 4.75. The Balaban J connectivity index is 1.77. The molecule has 0 saturated carbocycles. The lowest BCUT2D eigenvalue weighted by Crippen LogP contribution is -2.15. The zero-order valence-electron chi connectivity index (χ0n) is 16.1. The highest BCUT2D eigenvalue weighted by Crippen LogP contribution is 2.32. The summed E-state index contributed by atoms with van der Waals surface area (Å²) in [5.41, 5.74) is 4.62. The molecule has 1 amide bonds. The second-order valence-electron chi connectivity index (χ2n) is 6.43. The molecule has 7 heteroatoms.